The van der Waals surface area contributed by atoms with Crippen LogP contribution in [0.1, 0.15) is 56.3 Å². The largest absolute Gasteiger partial charge is 0.444 e. The van der Waals surface area contributed by atoms with Crippen molar-refractivity contribution in [2.45, 2.75) is 64.8 Å². The number of alkyl carbamates (subject to hydrolysis) is 1. The Balaban J connectivity index is 1.38. The topological polar surface area (TPSA) is 101 Å². The van der Waals surface area contributed by atoms with Crippen molar-refractivity contribution in [2.24, 2.45) is 0 Å². The summed E-state index contributed by atoms with van der Waals surface area (Å²) in [5.41, 5.74) is 2.95. The number of ether oxygens (including phenoxy) is 3. The van der Waals surface area contributed by atoms with Gasteiger partial charge in [0, 0.05) is 25.0 Å². The van der Waals surface area contributed by atoms with Crippen LogP contribution in [0.15, 0.2) is 48.7 Å². The minimum Gasteiger partial charge on any atom is -0.444 e. The molecule has 4 heterocycles. The van der Waals surface area contributed by atoms with Crippen LogP contribution in [0, 0.1) is 18.8 Å². The van der Waals surface area contributed by atoms with Crippen LogP contribution < -0.4 is 15.5 Å². The summed E-state index contributed by atoms with van der Waals surface area (Å²) in [5.74, 6) is 6.91. The van der Waals surface area contributed by atoms with Crippen molar-refractivity contribution < 1.29 is 32.2 Å². The van der Waals surface area contributed by atoms with Crippen LogP contribution in [0.4, 0.5) is 29.5 Å². The lowest BCUT2D eigenvalue weighted by Crippen LogP contribution is -2.37. The second-order valence-corrected chi connectivity index (χ2v) is 12.0. The van der Waals surface area contributed by atoms with Gasteiger partial charge in [0.1, 0.15) is 28.9 Å². The average molecular weight is 624 g/mol. The van der Waals surface area contributed by atoms with Crippen LogP contribution in [0.2, 0.25) is 0 Å². The number of anilines is 2. The standard InChI is InChI=1S/C33H36F3N5O4/c1-20-6-8-25(40-30-29(44-30)22-10-11-37-27(17-22)33(34,35)36)19-26(20)23-16-24(39-28(18-23)41-12-14-43-15-13-41)9-7-21(2)38-31(42)45-32(3,4)5/h6,8,10-11,16-19,21,29-30,40H,12-15H2,1-5H3,(H,38,42)/t21-,29?,30?/m1/s1. The van der Waals surface area contributed by atoms with E-state index in [-0.39, 0.29) is 0 Å². The molecule has 2 aliphatic rings. The Morgan fingerprint density at radius 3 is 2.58 bits per heavy atom. The molecule has 2 saturated heterocycles. The molecule has 2 aromatic heterocycles. The first-order valence-corrected chi connectivity index (χ1v) is 14.7. The highest BCUT2D eigenvalue weighted by Crippen LogP contribution is 2.41. The highest BCUT2D eigenvalue weighted by atomic mass is 19.4. The van der Waals surface area contributed by atoms with Gasteiger partial charge in [-0.05, 0) is 99.2 Å². The molecule has 45 heavy (non-hydrogen) atoms. The molecule has 0 spiro atoms. The molecule has 2 N–H and O–H groups in total. The molecular weight excluding hydrogens is 587 g/mol. The quantitative estimate of drug-likeness (QED) is 0.252. The molecule has 0 radical (unpaired) electrons. The number of benzene rings is 1. The summed E-state index contributed by atoms with van der Waals surface area (Å²) in [6.45, 7) is 11.7. The molecule has 3 aromatic rings. The first kappa shape index (κ1) is 32.1. The summed E-state index contributed by atoms with van der Waals surface area (Å²) >= 11 is 0. The van der Waals surface area contributed by atoms with Gasteiger partial charge in [0.05, 0.1) is 19.3 Å². The van der Waals surface area contributed by atoms with E-state index in [0.717, 1.165) is 40.5 Å². The number of alkyl halides is 3. The third kappa shape index (κ3) is 8.65. The van der Waals surface area contributed by atoms with E-state index in [0.29, 0.717) is 37.6 Å². The summed E-state index contributed by atoms with van der Waals surface area (Å²) in [4.78, 5) is 22.6. The number of hydrogen-bond donors (Lipinski definition) is 2. The number of aryl methyl sites for hydroxylation is 1. The SMILES string of the molecule is Cc1ccc(NC2OC2c2ccnc(C(F)(F)F)c2)cc1-c1cc(C#C[C@@H](C)NC(=O)OC(C)(C)C)nc(N2CCOCC2)c1. The smallest absolute Gasteiger partial charge is 0.433 e. The van der Waals surface area contributed by atoms with E-state index < -0.39 is 41.9 Å². The monoisotopic (exact) mass is 623 g/mol. The number of morpholine rings is 1. The number of nitrogens with one attached hydrogen (secondary N) is 2. The zero-order valence-electron chi connectivity index (χ0n) is 25.8. The molecule has 9 nitrogen and oxygen atoms in total. The number of pyridine rings is 2. The highest BCUT2D eigenvalue weighted by molar-refractivity contribution is 5.75. The summed E-state index contributed by atoms with van der Waals surface area (Å²) in [6.07, 6.45) is -4.94. The number of carbonyl (C=O) groups excluding carboxylic acids is 1. The number of hydrogen-bond acceptors (Lipinski definition) is 8. The first-order valence-electron chi connectivity index (χ1n) is 14.7. The Morgan fingerprint density at radius 2 is 1.87 bits per heavy atom. The summed E-state index contributed by atoms with van der Waals surface area (Å²) in [5, 5.41) is 6.01. The molecule has 2 aliphatic heterocycles. The van der Waals surface area contributed by atoms with E-state index >= 15 is 0 Å². The van der Waals surface area contributed by atoms with Crippen molar-refractivity contribution in [3.8, 4) is 23.0 Å². The second-order valence-electron chi connectivity index (χ2n) is 12.0. The predicted molar refractivity (Wildman–Crippen MR) is 164 cm³/mol. The van der Waals surface area contributed by atoms with Crippen molar-refractivity contribution in [2.75, 3.05) is 36.5 Å². The van der Waals surface area contributed by atoms with Crippen molar-refractivity contribution in [1.29, 1.82) is 0 Å². The van der Waals surface area contributed by atoms with Gasteiger partial charge in [0.25, 0.3) is 0 Å². The maximum Gasteiger partial charge on any atom is 0.433 e. The molecule has 0 aliphatic carbocycles. The van der Waals surface area contributed by atoms with Gasteiger partial charge in [-0.3, -0.25) is 4.98 Å². The van der Waals surface area contributed by atoms with Gasteiger partial charge in [-0.15, -0.1) is 0 Å². The fraction of sp³-hybridized carbons (Fsp3) is 0.424. The summed E-state index contributed by atoms with van der Waals surface area (Å²) < 4.78 is 56.0. The maximum atomic E-state index is 13.1. The van der Waals surface area contributed by atoms with E-state index in [1.807, 2.05) is 37.3 Å². The van der Waals surface area contributed by atoms with Gasteiger partial charge in [0.15, 0.2) is 6.23 Å². The van der Waals surface area contributed by atoms with Gasteiger partial charge >= 0.3 is 12.3 Å². The van der Waals surface area contributed by atoms with E-state index in [9.17, 15) is 18.0 Å². The Kier molecular flexibility index (Phi) is 9.23. The molecule has 12 heteroatoms. The lowest BCUT2D eigenvalue weighted by atomic mass is 9.99. The number of carbonyl (C=O) groups is 1. The zero-order valence-corrected chi connectivity index (χ0v) is 25.8. The summed E-state index contributed by atoms with van der Waals surface area (Å²) in [6, 6.07) is 11.8. The number of rotatable bonds is 6. The Labute approximate surface area is 260 Å². The normalized spacial score (nSPS) is 18.8. The van der Waals surface area contributed by atoms with E-state index in [1.165, 1.54) is 6.07 Å². The fourth-order valence-electron chi connectivity index (χ4n) is 4.83. The van der Waals surface area contributed by atoms with Crippen LogP contribution >= 0.6 is 0 Å². The third-order valence-electron chi connectivity index (χ3n) is 7.05. The van der Waals surface area contributed by atoms with Crippen LogP contribution in [-0.2, 0) is 20.4 Å². The molecular formula is C33H36F3N5O4. The third-order valence-corrected chi connectivity index (χ3v) is 7.05. The van der Waals surface area contributed by atoms with E-state index in [2.05, 4.69) is 32.4 Å². The fourth-order valence-corrected chi connectivity index (χ4v) is 4.83. The lowest BCUT2D eigenvalue weighted by molar-refractivity contribution is -0.141. The number of amides is 1. The molecule has 2 unspecified atom stereocenters. The number of halogens is 3. The van der Waals surface area contributed by atoms with Crippen molar-refractivity contribution in [1.82, 2.24) is 15.3 Å². The molecule has 238 valence electrons. The Bertz CT molecular complexity index is 1610. The molecule has 5 rings (SSSR count). The number of epoxide rings is 1. The summed E-state index contributed by atoms with van der Waals surface area (Å²) in [7, 11) is 0. The zero-order chi connectivity index (χ0) is 32.4. The molecule has 0 saturated carbocycles. The van der Waals surface area contributed by atoms with Crippen molar-refractivity contribution >= 4 is 17.6 Å². The van der Waals surface area contributed by atoms with E-state index in [4.69, 9.17) is 19.2 Å². The Hall–Kier alpha value is -4.34. The van der Waals surface area contributed by atoms with Gasteiger partial charge < -0.3 is 29.7 Å². The number of aromatic nitrogens is 2. The molecule has 3 atom stereocenters. The van der Waals surface area contributed by atoms with Gasteiger partial charge in [-0.2, -0.15) is 13.2 Å². The molecule has 2 fully saturated rings. The van der Waals surface area contributed by atoms with Gasteiger partial charge in [-0.25, -0.2) is 9.78 Å². The predicted octanol–water partition coefficient (Wildman–Crippen LogP) is 6.08. The van der Waals surface area contributed by atoms with Crippen LogP contribution in [0.3, 0.4) is 0 Å². The van der Waals surface area contributed by atoms with Crippen LogP contribution in [0.5, 0.6) is 0 Å². The Morgan fingerprint density at radius 1 is 1.11 bits per heavy atom. The molecule has 1 aromatic carbocycles. The van der Waals surface area contributed by atoms with Gasteiger partial charge in [0.2, 0.25) is 0 Å². The minimum atomic E-state index is -4.53. The van der Waals surface area contributed by atoms with Crippen LogP contribution in [-0.4, -0.2) is 60.2 Å². The average Bonchev–Trinajstić information content (AvgIpc) is 3.75. The number of nitrogens with zero attached hydrogens (tertiary/aromatic N) is 3. The van der Waals surface area contributed by atoms with Crippen molar-refractivity contribution in [3.05, 3.63) is 71.2 Å². The van der Waals surface area contributed by atoms with E-state index in [1.54, 1.807) is 27.7 Å². The molecule has 0 bridgehead atoms. The molecule has 1 amide bonds. The highest BCUT2D eigenvalue weighted by Gasteiger charge is 2.42. The van der Waals surface area contributed by atoms with Crippen LogP contribution in [0.25, 0.3) is 11.1 Å². The van der Waals surface area contributed by atoms with Crippen molar-refractivity contribution in [3.63, 3.8) is 0 Å². The maximum absolute atomic E-state index is 13.1. The second kappa shape index (κ2) is 12.9. The van der Waals surface area contributed by atoms with Gasteiger partial charge in [-0.1, -0.05) is 12.0 Å². The lowest BCUT2D eigenvalue weighted by Gasteiger charge is -2.28. The minimum absolute atomic E-state index is 0.407. The first-order chi connectivity index (χ1) is 21.2.